The van der Waals surface area contributed by atoms with E-state index in [0.29, 0.717) is 42.6 Å². The molecule has 140 valence electrons. The Labute approximate surface area is 155 Å². The molecule has 0 spiro atoms. The Kier molecular flexibility index (Phi) is 7.33. The Bertz CT molecular complexity index is 688. The zero-order valence-electron chi connectivity index (χ0n) is 15.9. The van der Waals surface area contributed by atoms with Crippen LogP contribution < -0.4 is 19.5 Å². The van der Waals surface area contributed by atoms with Crippen molar-refractivity contribution in [1.29, 1.82) is 0 Å². The third-order valence-corrected chi connectivity index (χ3v) is 3.82. The van der Waals surface area contributed by atoms with Crippen LogP contribution in [0.2, 0.25) is 0 Å². The van der Waals surface area contributed by atoms with Gasteiger partial charge in [-0.1, -0.05) is 30.3 Å². The molecule has 2 aromatic rings. The SMILES string of the molecule is CCOc1cc(C(=O)N[C@H](C)c2ccccc2)cc(OCC)c1OCC. The largest absolute Gasteiger partial charge is 0.490 e. The molecule has 0 aliphatic carbocycles. The number of benzene rings is 2. The van der Waals surface area contributed by atoms with Crippen molar-refractivity contribution in [3.05, 3.63) is 53.6 Å². The molecular weight excluding hydrogens is 330 g/mol. The zero-order valence-corrected chi connectivity index (χ0v) is 15.9. The minimum atomic E-state index is -0.189. The van der Waals surface area contributed by atoms with Crippen LogP contribution in [0.3, 0.4) is 0 Å². The van der Waals surface area contributed by atoms with Crippen molar-refractivity contribution in [1.82, 2.24) is 5.32 Å². The van der Waals surface area contributed by atoms with E-state index >= 15 is 0 Å². The van der Waals surface area contributed by atoms with Crippen LogP contribution in [-0.4, -0.2) is 25.7 Å². The summed E-state index contributed by atoms with van der Waals surface area (Å²) < 4.78 is 17.0. The molecular formula is C21H27NO4. The van der Waals surface area contributed by atoms with E-state index in [1.54, 1.807) is 12.1 Å². The topological polar surface area (TPSA) is 56.8 Å². The Morgan fingerprint density at radius 2 is 1.46 bits per heavy atom. The van der Waals surface area contributed by atoms with Crippen LogP contribution >= 0.6 is 0 Å². The monoisotopic (exact) mass is 357 g/mol. The molecule has 1 amide bonds. The summed E-state index contributed by atoms with van der Waals surface area (Å²) in [6, 6.07) is 13.1. The lowest BCUT2D eigenvalue weighted by Crippen LogP contribution is -2.26. The van der Waals surface area contributed by atoms with Gasteiger partial charge in [0.1, 0.15) is 0 Å². The molecule has 0 unspecified atom stereocenters. The molecule has 5 heteroatoms. The lowest BCUT2D eigenvalue weighted by molar-refractivity contribution is 0.0938. The predicted molar refractivity (Wildman–Crippen MR) is 102 cm³/mol. The highest BCUT2D eigenvalue weighted by Gasteiger charge is 2.19. The van der Waals surface area contributed by atoms with Crippen molar-refractivity contribution in [3.8, 4) is 17.2 Å². The first-order valence-corrected chi connectivity index (χ1v) is 9.02. The van der Waals surface area contributed by atoms with E-state index in [2.05, 4.69) is 5.32 Å². The number of hydrogen-bond acceptors (Lipinski definition) is 4. The molecule has 1 N–H and O–H groups in total. The van der Waals surface area contributed by atoms with Gasteiger partial charge in [-0.05, 0) is 45.4 Å². The third-order valence-electron chi connectivity index (χ3n) is 3.82. The number of nitrogens with one attached hydrogen (secondary N) is 1. The summed E-state index contributed by atoms with van der Waals surface area (Å²) in [7, 11) is 0. The van der Waals surface area contributed by atoms with Crippen molar-refractivity contribution in [3.63, 3.8) is 0 Å². The van der Waals surface area contributed by atoms with Gasteiger partial charge in [0.2, 0.25) is 5.75 Å². The highest BCUT2D eigenvalue weighted by atomic mass is 16.5. The Hall–Kier alpha value is -2.69. The van der Waals surface area contributed by atoms with E-state index in [4.69, 9.17) is 14.2 Å². The van der Waals surface area contributed by atoms with Gasteiger partial charge < -0.3 is 19.5 Å². The molecule has 26 heavy (non-hydrogen) atoms. The maximum atomic E-state index is 12.7. The smallest absolute Gasteiger partial charge is 0.252 e. The summed E-state index contributed by atoms with van der Waals surface area (Å²) in [5, 5.41) is 3.01. The molecule has 0 heterocycles. The molecule has 0 saturated carbocycles. The maximum Gasteiger partial charge on any atom is 0.252 e. The summed E-state index contributed by atoms with van der Waals surface area (Å²) in [6.45, 7) is 9.05. The molecule has 0 aromatic heterocycles. The lowest BCUT2D eigenvalue weighted by Gasteiger charge is -2.18. The van der Waals surface area contributed by atoms with Crippen LogP contribution in [0.1, 0.15) is 49.7 Å². The van der Waals surface area contributed by atoms with Crippen LogP contribution in [0.5, 0.6) is 17.2 Å². The van der Waals surface area contributed by atoms with Gasteiger partial charge >= 0.3 is 0 Å². The first-order valence-electron chi connectivity index (χ1n) is 9.02. The van der Waals surface area contributed by atoms with Gasteiger partial charge in [0.05, 0.1) is 25.9 Å². The average molecular weight is 357 g/mol. The van der Waals surface area contributed by atoms with Crippen LogP contribution in [-0.2, 0) is 0 Å². The molecule has 0 saturated heterocycles. The van der Waals surface area contributed by atoms with Crippen molar-refractivity contribution in [2.75, 3.05) is 19.8 Å². The summed E-state index contributed by atoms with van der Waals surface area (Å²) in [4.78, 5) is 12.7. The van der Waals surface area contributed by atoms with Gasteiger partial charge in [0.25, 0.3) is 5.91 Å². The summed E-state index contributed by atoms with van der Waals surface area (Å²) in [5.74, 6) is 1.37. The first kappa shape index (κ1) is 19.6. The Morgan fingerprint density at radius 3 is 1.96 bits per heavy atom. The number of amides is 1. The third kappa shape index (κ3) is 4.91. The summed E-state index contributed by atoms with van der Waals surface area (Å²) in [5.41, 5.74) is 1.52. The van der Waals surface area contributed by atoms with Crippen molar-refractivity contribution in [2.45, 2.75) is 33.7 Å². The van der Waals surface area contributed by atoms with E-state index in [1.165, 1.54) is 0 Å². The van der Waals surface area contributed by atoms with Crippen LogP contribution in [0.25, 0.3) is 0 Å². The highest BCUT2D eigenvalue weighted by Crippen LogP contribution is 2.39. The fraction of sp³-hybridized carbons (Fsp3) is 0.381. The quantitative estimate of drug-likeness (QED) is 0.724. The maximum absolute atomic E-state index is 12.7. The van der Waals surface area contributed by atoms with E-state index in [1.807, 2.05) is 58.0 Å². The number of carbonyl (C=O) groups is 1. The first-order chi connectivity index (χ1) is 12.6. The van der Waals surface area contributed by atoms with E-state index in [-0.39, 0.29) is 11.9 Å². The molecule has 0 aliphatic heterocycles. The van der Waals surface area contributed by atoms with E-state index in [0.717, 1.165) is 5.56 Å². The van der Waals surface area contributed by atoms with Gasteiger partial charge in [0, 0.05) is 5.56 Å². The minimum absolute atomic E-state index is 0.110. The van der Waals surface area contributed by atoms with Crippen molar-refractivity contribution >= 4 is 5.91 Å². The molecule has 0 aliphatic rings. The second kappa shape index (κ2) is 9.70. The van der Waals surface area contributed by atoms with E-state index in [9.17, 15) is 4.79 Å². The highest BCUT2D eigenvalue weighted by molar-refractivity contribution is 5.95. The van der Waals surface area contributed by atoms with Crippen LogP contribution in [0.15, 0.2) is 42.5 Å². The number of hydrogen-bond donors (Lipinski definition) is 1. The van der Waals surface area contributed by atoms with Gasteiger partial charge in [-0.15, -0.1) is 0 Å². The summed E-state index contributed by atoms with van der Waals surface area (Å²) in [6.07, 6.45) is 0. The molecule has 5 nitrogen and oxygen atoms in total. The molecule has 0 fully saturated rings. The van der Waals surface area contributed by atoms with Crippen molar-refractivity contribution in [2.24, 2.45) is 0 Å². The fourth-order valence-electron chi connectivity index (χ4n) is 2.62. The van der Waals surface area contributed by atoms with E-state index < -0.39 is 0 Å². The van der Waals surface area contributed by atoms with Gasteiger partial charge in [-0.25, -0.2) is 0 Å². The molecule has 0 bridgehead atoms. The molecule has 0 radical (unpaired) electrons. The number of carbonyl (C=O) groups excluding carboxylic acids is 1. The second-order valence-electron chi connectivity index (χ2n) is 5.71. The minimum Gasteiger partial charge on any atom is -0.490 e. The van der Waals surface area contributed by atoms with Crippen molar-refractivity contribution < 1.29 is 19.0 Å². The standard InChI is InChI=1S/C21H27NO4/c1-5-24-18-13-17(14-19(25-6-2)20(18)26-7-3)21(23)22-15(4)16-11-9-8-10-12-16/h8-15H,5-7H2,1-4H3,(H,22,23)/t15-/m1/s1. The summed E-state index contributed by atoms with van der Waals surface area (Å²) >= 11 is 0. The second-order valence-corrected chi connectivity index (χ2v) is 5.71. The molecule has 1 atom stereocenters. The Balaban J connectivity index is 2.30. The number of rotatable bonds is 9. The van der Waals surface area contributed by atoms with Gasteiger partial charge in [-0.3, -0.25) is 4.79 Å². The normalized spacial score (nSPS) is 11.5. The van der Waals surface area contributed by atoms with Gasteiger partial charge in [-0.2, -0.15) is 0 Å². The van der Waals surface area contributed by atoms with Crippen LogP contribution in [0.4, 0.5) is 0 Å². The average Bonchev–Trinajstić information content (AvgIpc) is 2.65. The Morgan fingerprint density at radius 1 is 0.923 bits per heavy atom. The van der Waals surface area contributed by atoms with Gasteiger partial charge in [0.15, 0.2) is 11.5 Å². The molecule has 2 rings (SSSR count). The zero-order chi connectivity index (χ0) is 18.9. The lowest BCUT2D eigenvalue weighted by atomic mass is 10.1. The predicted octanol–water partition coefficient (Wildman–Crippen LogP) is 4.37. The fourth-order valence-corrected chi connectivity index (χ4v) is 2.62. The molecule has 2 aromatic carbocycles. The van der Waals surface area contributed by atoms with Crippen LogP contribution in [0, 0.1) is 0 Å². The number of ether oxygens (including phenoxy) is 3.